The van der Waals surface area contributed by atoms with Crippen LogP contribution in [0.25, 0.3) is 0 Å². The van der Waals surface area contributed by atoms with Crippen LogP contribution in [0.2, 0.25) is 0 Å². The van der Waals surface area contributed by atoms with Crippen LogP contribution in [-0.4, -0.2) is 58.0 Å². The van der Waals surface area contributed by atoms with Crippen molar-refractivity contribution in [2.75, 3.05) is 37.2 Å². The molecule has 0 radical (unpaired) electrons. The van der Waals surface area contributed by atoms with Crippen molar-refractivity contribution in [3.05, 3.63) is 48.0 Å². The van der Waals surface area contributed by atoms with Gasteiger partial charge in [0.05, 0.1) is 26.4 Å². The summed E-state index contributed by atoms with van der Waals surface area (Å²) in [6.07, 6.45) is -0.0463. The fourth-order valence-corrected chi connectivity index (χ4v) is 4.69. The molecule has 0 spiro atoms. The SMILES string of the molecule is CCOC(=O)c1cccc(NC(=O)C(CC)S(=O)(=O)CC(=O)Nc2ccc(OC)c(OC)c2)c1. The van der Waals surface area contributed by atoms with Crippen LogP contribution in [0.3, 0.4) is 0 Å². The van der Waals surface area contributed by atoms with Crippen LogP contribution in [0.15, 0.2) is 42.5 Å². The largest absolute Gasteiger partial charge is 0.493 e. The molecule has 1 atom stereocenters. The Morgan fingerprint density at radius 3 is 2.21 bits per heavy atom. The monoisotopic (exact) mass is 492 g/mol. The van der Waals surface area contributed by atoms with Gasteiger partial charge in [0.15, 0.2) is 21.3 Å². The second-order valence-electron chi connectivity index (χ2n) is 7.11. The minimum absolute atomic E-state index is 0.0463. The summed E-state index contributed by atoms with van der Waals surface area (Å²) in [4.78, 5) is 37.0. The zero-order valence-corrected chi connectivity index (χ0v) is 20.2. The topological polar surface area (TPSA) is 137 Å². The number of benzene rings is 2. The van der Waals surface area contributed by atoms with Crippen molar-refractivity contribution in [3.63, 3.8) is 0 Å². The number of amides is 2. The third-order valence-corrected chi connectivity index (χ3v) is 6.82. The van der Waals surface area contributed by atoms with Crippen molar-refractivity contribution in [3.8, 4) is 11.5 Å². The predicted octanol–water partition coefficient (Wildman–Crippen LogP) is 2.65. The summed E-state index contributed by atoms with van der Waals surface area (Å²) in [7, 11) is -1.25. The van der Waals surface area contributed by atoms with E-state index >= 15 is 0 Å². The summed E-state index contributed by atoms with van der Waals surface area (Å²) in [5.41, 5.74) is 0.759. The van der Waals surface area contributed by atoms with Crippen molar-refractivity contribution in [2.45, 2.75) is 25.5 Å². The molecule has 10 nitrogen and oxygen atoms in total. The number of carbonyl (C=O) groups excluding carboxylic acids is 3. The number of esters is 1. The number of ether oxygens (including phenoxy) is 3. The first-order chi connectivity index (χ1) is 16.1. The van der Waals surface area contributed by atoms with E-state index in [-0.39, 0.29) is 24.3 Å². The minimum Gasteiger partial charge on any atom is -0.493 e. The molecule has 0 fully saturated rings. The van der Waals surface area contributed by atoms with Crippen LogP contribution in [0.4, 0.5) is 11.4 Å². The Kier molecular flexibility index (Phi) is 9.43. The third-order valence-electron chi connectivity index (χ3n) is 4.74. The Hall–Kier alpha value is -3.60. The van der Waals surface area contributed by atoms with E-state index in [4.69, 9.17) is 14.2 Å². The lowest BCUT2D eigenvalue weighted by molar-refractivity contribution is -0.115. The summed E-state index contributed by atoms with van der Waals surface area (Å²) in [5.74, 6) is -2.26. The summed E-state index contributed by atoms with van der Waals surface area (Å²) in [5, 5.41) is 3.52. The van der Waals surface area contributed by atoms with Crippen molar-refractivity contribution >= 4 is 39.0 Å². The van der Waals surface area contributed by atoms with Gasteiger partial charge in [-0.25, -0.2) is 13.2 Å². The molecule has 0 saturated carbocycles. The molecule has 11 heteroatoms. The van der Waals surface area contributed by atoms with Crippen LogP contribution >= 0.6 is 0 Å². The smallest absolute Gasteiger partial charge is 0.338 e. The maximum absolute atomic E-state index is 12.8. The Morgan fingerprint density at radius 2 is 1.59 bits per heavy atom. The van der Waals surface area contributed by atoms with Crippen LogP contribution in [0.5, 0.6) is 11.5 Å². The Labute approximate surface area is 198 Å². The molecule has 2 N–H and O–H groups in total. The molecule has 184 valence electrons. The van der Waals surface area contributed by atoms with Crippen LogP contribution in [0.1, 0.15) is 30.6 Å². The average molecular weight is 493 g/mol. The number of rotatable bonds is 11. The van der Waals surface area contributed by atoms with E-state index in [0.29, 0.717) is 17.2 Å². The zero-order chi connectivity index (χ0) is 25.3. The van der Waals surface area contributed by atoms with Crippen LogP contribution in [0, 0.1) is 0 Å². The van der Waals surface area contributed by atoms with Gasteiger partial charge in [-0.1, -0.05) is 13.0 Å². The van der Waals surface area contributed by atoms with Gasteiger partial charge in [-0.05, 0) is 43.7 Å². The Bertz CT molecular complexity index is 1150. The van der Waals surface area contributed by atoms with Gasteiger partial charge >= 0.3 is 5.97 Å². The minimum atomic E-state index is -4.15. The number of anilines is 2. The van der Waals surface area contributed by atoms with Gasteiger partial charge in [-0.2, -0.15) is 0 Å². The first-order valence-corrected chi connectivity index (χ1v) is 12.2. The Morgan fingerprint density at radius 1 is 0.912 bits per heavy atom. The number of hydrogen-bond acceptors (Lipinski definition) is 8. The van der Waals surface area contributed by atoms with E-state index in [1.165, 1.54) is 57.5 Å². The average Bonchev–Trinajstić information content (AvgIpc) is 2.79. The molecule has 0 heterocycles. The molecule has 0 saturated heterocycles. The second kappa shape index (κ2) is 12.0. The van der Waals surface area contributed by atoms with Crippen molar-refractivity contribution in [1.29, 1.82) is 0 Å². The first-order valence-electron chi connectivity index (χ1n) is 10.5. The standard InChI is InChI=1S/C23H28N2O8S/c1-5-20(22(27)25-16-9-7-8-15(12-16)23(28)33-6-2)34(29,30)14-21(26)24-17-10-11-18(31-3)19(13-17)32-4/h7-13,20H,5-6,14H2,1-4H3,(H,24,26)(H,25,27). The quantitative estimate of drug-likeness (QED) is 0.457. The number of hydrogen-bond donors (Lipinski definition) is 2. The summed E-state index contributed by atoms with van der Waals surface area (Å²) >= 11 is 0. The highest BCUT2D eigenvalue weighted by Crippen LogP contribution is 2.29. The highest BCUT2D eigenvalue weighted by atomic mass is 32.2. The molecule has 0 bridgehead atoms. The van der Waals surface area contributed by atoms with Crippen molar-refractivity contribution in [2.24, 2.45) is 0 Å². The highest BCUT2D eigenvalue weighted by Gasteiger charge is 2.33. The van der Waals surface area contributed by atoms with Gasteiger partial charge in [0, 0.05) is 17.4 Å². The van der Waals surface area contributed by atoms with Crippen molar-refractivity contribution < 1.29 is 37.0 Å². The molecule has 2 aromatic carbocycles. The molecular weight excluding hydrogens is 464 g/mol. The number of sulfone groups is 1. The van der Waals surface area contributed by atoms with E-state index in [2.05, 4.69) is 10.6 Å². The van der Waals surface area contributed by atoms with Gasteiger partial charge < -0.3 is 24.8 Å². The van der Waals surface area contributed by atoms with Crippen LogP contribution in [-0.2, 0) is 24.2 Å². The lowest BCUT2D eigenvalue weighted by Gasteiger charge is -2.16. The number of carbonyl (C=O) groups is 3. The fourth-order valence-electron chi connectivity index (χ4n) is 3.16. The van der Waals surface area contributed by atoms with Crippen LogP contribution < -0.4 is 20.1 Å². The molecule has 2 amide bonds. The molecule has 34 heavy (non-hydrogen) atoms. The number of nitrogens with one attached hydrogen (secondary N) is 2. The molecule has 0 aliphatic rings. The second-order valence-corrected chi connectivity index (χ2v) is 9.30. The molecule has 1 unspecified atom stereocenters. The highest BCUT2D eigenvalue weighted by molar-refractivity contribution is 7.93. The first kappa shape index (κ1) is 26.7. The summed E-state index contributed by atoms with van der Waals surface area (Å²) < 4.78 is 40.9. The fraction of sp³-hybridized carbons (Fsp3) is 0.348. The van der Waals surface area contributed by atoms with E-state index in [1.54, 1.807) is 13.0 Å². The zero-order valence-electron chi connectivity index (χ0n) is 19.4. The molecule has 0 aliphatic heterocycles. The maximum atomic E-state index is 12.8. The Balaban J connectivity index is 2.10. The maximum Gasteiger partial charge on any atom is 0.338 e. The molecule has 0 aromatic heterocycles. The molecule has 2 rings (SSSR count). The van der Waals surface area contributed by atoms with Gasteiger partial charge in [0.1, 0.15) is 11.0 Å². The van der Waals surface area contributed by atoms with Gasteiger partial charge in [-0.3, -0.25) is 9.59 Å². The molecule has 2 aromatic rings. The lowest BCUT2D eigenvalue weighted by Crippen LogP contribution is -2.39. The van der Waals surface area contributed by atoms with E-state index in [0.717, 1.165) is 0 Å². The lowest BCUT2D eigenvalue weighted by atomic mass is 10.2. The van der Waals surface area contributed by atoms with Gasteiger partial charge in [0.25, 0.3) is 0 Å². The number of methoxy groups -OCH3 is 2. The van der Waals surface area contributed by atoms with E-state index < -0.39 is 38.6 Å². The van der Waals surface area contributed by atoms with Gasteiger partial charge in [0.2, 0.25) is 11.8 Å². The summed E-state index contributed by atoms with van der Waals surface area (Å²) in [6, 6.07) is 10.5. The predicted molar refractivity (Wildman–Crippen MR) is 127 cm³/mol. The van der Waals surface area contributed by atoms with E-state index in [9.17, 15) is 22.8 Å². The molecular formula is C23H28N2O8S. The van der Waals surface area contributed by atoms with Gasteiger partial charge in [-0.15, -0.1) is 0 Å². The van der Waals surface area contributed by atoms with E-state index in [1.807, 2.05) is 0 Å². The van der Waals surface area contributed by atoms with Crippen molar-refractivity contribution in [1.82, 2.24) is 0 Å². The molecule has 0 aliphatic carbocycles. The third kappa shape index (κ3) is 6.95. The normalized spacial score (nSPS) is 11.8. The summed E-state index contributed by atoms with van der Waals surface area (Å²) in [6.45, 7) is 3.39.